The molecular formula is C25H31N7. The molecule has 0 bridgehead atoms. The Balaban J connectivity index is 1.71. The van der Waals surface area contributed by atoms with Gasteiger partial charge in [-0.05, 0) is 54.8 Å². The van der Waals surface area contributed by atoms with E-state index in [0.717, 1.165) is 53.9 Å². The van der Waals surface area contributed by atoms with Gasteiger partial charge in [-0.1, -0.05) is 24.3 Å². The minimum Gasteiger partial charge on any atom is -0.394 e. The zero-order valence-corrected chi connectivity index (χ0v) is 18.7. The van der Waals surface area contributed by atoms with Gasteiger partial charge in [-0.3, -0.25) is 9.89 Å². The third-order valence-electron chi connectivity index (χ3n) is 6.19. The molecule has 3 aliphatic rings. The van der Waals surface area contributed by atoms with Crippen LogP contribution in [0.1, 0.15) is 24.0 Å². The van der Waals surface area contributed by atoms with Gasteiger partial charge in [-0.2, -0.15) is 5.26 Å². The number of nitrogens with zero attached hydrogens (tertiary/aromatic N) is 3. The first-order valence-corrected chi connectivity index (χ1v) is 11.1. The van der Waals surface area contributed by atoms with Crippen LogP contribution in [0.15, 0.2) is 70.4 Å². The Bertz CT molecular complexity index is 1020. The van der Waals surface area contributed by atoms with Gasteiger partial charge >= 0.3 is 0 Å². The SMILES string of the molecule is CN/C=C1/C=C(C2=C(c3ccc(C#N)cc3)NC(N3CCC(N)CC3)N=C2)C=CC1NC. The molecule has 2 atom stereocenters. The topological polar surface area (TPSA) is 102 Å². The largest absolute Gasteiger partial charge is 0.394 e. The van der Waals surface area contributed by atoms with Crippen LogP contribution in [0, 0.1) is 11.3 Å². The molecule has 0 amide bonds. The minimum atomic E-state index is -0.123. The number of hydrogen-bond donors (Lipinski definition) is 4. The van der Waals surface area contributed by atoms with Crippen LogP contribution < -0.4 is 21.7 Å². The first-order valence-electron chi connectivity index (χ1n) is 11.1. The summed E-state index contributed by atoms with van der Waals surface area (Å²) in [6.45, 7) is 1.85. The summed E-state index contributed by atoms with van der Waals surface area (Å²) in [6, 6.07) is 10.3. The third kappa shape index (κ3) is 4.68. The number of likely N-dealkylation sites (tertiary alicyclic amines) is 1. The van der Waals surface area contributed by atoms with Crippen LogP contribution in [0.3, 0.4) is 0 Å². The van der Waals surface area contributed by atoms with E-state index >= 15 is 0 Å². The zero-order chi connectivity index (χ0) is 22.5. The summed E-state index contributed by atoms with van der Waals surface area (Å²) in [5.74, 6) is 0. The van der Waals surface area contributed by atoms with Crippen LogP contribution in [0.25, 0.3) is 5.70 Å². The highest BCUT2D eigenvalue weighted by molar-refractivity contribution is 5.98. The molecule has 2 heterocycles. The number of aliphatic imine (C=N–C) groups is 1. The first kappa shape index (κ1) is 22.0. The maximum absolute atomic E-state index is 9.20. The molecule has 0 aromatic heterocycles. The lowest BCUT2D eigenvalue weighted by Gasteiger charge is -2.37. The van der Waals surface area contributed by atoms with Gasteiger partial charge in [0.05, 0.1) is 23.4 Å². The van der Waals surface area contributed by atoms with Crippen molar-refractivity contribution in [2.45, 2.75) is 31.2 Å². The maximum atomic E-state index is 9.20. The van der Waals surface area contributed by atoms with E-state index in [1.54, 1.807) is 0 Å². The highest BCUT2D eigenvalue weighted by Crippen LogP contribution is 2.30. The van der Waals surface area contributed by atoms with Crippen LogP contribution in [-0.2, 0) is 0 Å². The van der Waals surface area contributed by atoms with Crippen molar-refractivity contribution in [3.63, 3.8) is 0 Å². The highest BCUT2D eigenvalue weighted by atomic mass is 15.4. The second kappa shape index (κ2) is 9.96. The summed E-state index contributed by atoms with van der Waals surface area (Å²) >= 11 is 0. The number of piperidine rings is 1. The minimum absolute atomic E-state index is 0.123. The van der Waals surface area contributed by atoms with E-state index in [9.17, 15) is 5.26 Å². The molecule has 4 rings (SSSR count). The van der Waals surface area contributed by atoms with Crippen molar-refractivity contribution in [1.29, 1.82) is 5.26 Å². The van der Waals surface area contributed by atoms with Gasteiger partial charge in [0, 0.05) is 44.2 Å². The number of allylic oxidation sites excluding steroid dienone is 3. The summed E-state index contributed by atoms with van der Waals surface area (Å²) in [5, 5.41) is 19.3. The van der Waals surface area contributed by atoms with E-state index in [2.05, 4.69) is 45.1 Å². The van der Waals surface area contributed by atoms with Crippen molar-refractivity contribution >= 4 is 11.9 Å². The monoisotopic (exact) mass is 429 g/mol. The van der Waals surface area contributed by atoms with Gasteiger partial charge in [-0.25, -0.2) is 0 Å². The van der Waals surface area contributed by atoms with Gasteiger partial charge in [0.1, 0.15) is 0 Å². The van der Waals surface area contributed by atoms with E-state index in [-0.39, 0.29) is 18.4 Å². The fourth-order valence-electron chi connectivity index (χ4n) is 4.33. The molecule has 5 N–H and O–H groups in total. The van der Waals surface area contributed by atoms with E-state index in [4.69, 9.17) is 10.7 Å². The van der Waals surface area contributed by atoms with E-state index in [0.29, 0.717) is 5.56 Å². The van der Waals surface area contributed by atoms with Crippen LogP contribution in [-0.4, -0.2) is 56.7 Å². The molecule has 0 radical (unpaired) electrons. The maximum Gasteiger partial charge on any atom is 0.176 e. The molecule has 166 valence electrons. The Kier molecular flexibility index (Phi) is 6.86. The normalized spacial score (nSPS) is 25.4. The van der Waals surface area contributed by atoms with E-state index in [1.807, 2.05) is 50.8 Å². The number of rotatable bonds is 5. The molecule has 0 saturated carbocycles. The van der Waals surface area contributed by atoms with Crippen LogP contribution in [0.2, 0.25) is 0 Å². The second-order valence-corrected chi connectivity index (χ2v) is 8.31. The van der Waals surface area contributed by atoms with Crippen molar-refractivity contribution in [2.24, 2.45) is 10.7 Å². The van der Waals surface area contributed by atoms with Crippen molar-refractivity contribution in [1.82, 2.24) is 20.9 Å². The molecule has 1 aromatic rings. The molecule has 1 aliphatic carbocycles. The fraction of sp³-hybridized carbons (Fsp3) is 0.360. The lowest BCUT2D eigenvalue weighted by atomic mass is 9.91. The highest BCUT2D eigenvalue weighted by Gasteiger charge is 2.28. The second-order valence-electron chi connectivity index (χ2n) is 8.31. The average Bonchev–Trinajstić information content (AvgIpc) is 2.84. The van der Waals surface area contributed by atoms with Crippen molar-refractivity contribution in [2.75, 3.05) is 27.2 Å². The van der Waals surface area contributed by atoms with Crippen LogP contribution in [0.5, 0.6) is 0 Å². The molecular weight excluding hydrogens is 398 g/mol. The summed E-state index contributed by atoms with van der Waals surface area (Å²) in [4.78, 5) is 7.21. The Labute approximate surface area is 190 Å². The van der Waals surface area contributed by atoms with Crippen LogP contribution >= 0.6 is 0 Å². The summed E-state index contributed by atoms with van der Waals surface area (Å²) in [5.41, 5.74) is 12.1. The number of nitriles is 1. The molecule has 2 unspecified atom stereocenters. The standard InChI is InChI=1S/C25H31N7/c1-28-15-20-13-19(7-8-23(20)29-2)22-16-30-25(32-11-9-21(27)10-12-32)31-24(22)18-5-3-17(14-26)4-6-18/h3-8,13,15-16,21,23,25,28-29,31H,9-12,27H2,1-2H3/b20-15-. The lowest BCUT2D eigenvalue weighted by Crippen LogP contribution is -2.50. The molecule has 1 saturated heterocycles. The average molecular weight is 430 g/mol. The number of nitrogens with two attached hydrogens (primary N) is 1. The number of hydrogen-bond acceptors (Lipinski definition) is 7. The number of nitrogens with one attached hydrogen (secondary N) is 3. The van der Waals surface area contributed by atoms with E-state index in [1.165, 1.54) is 0 Å². The quantitative estimate of drug-likeness (QED) is 0.570. The zero-order valence-electron chi connectivity index (χ0n) is 18.7. The van der Waals surface area contributed by atoms with Gasteiger partial charge in [0.15, 0.2) is 6.29 Å². The van der Waals surface area contributed by atoms with Gasteiger partial charge in [0.25, 0.3) is 0 Å². The van der Waals surface area contributed by atoms with Gasteiger partial charge in [0.2, 0.25) is 0 Å². The van der Waals surface area contributed by atoms with Gasteiger partial charge in [-0.15, -0.1) is 0 Å². The predicted molar refractivity (Wildman–Crippen MR) is 129 cm³/mol. The molecule has 32 heavy (non-hydrogen) atoms. The van der Waals surface area contributed by atoms with Crippen molar-refractivity contribution in [3.05, 3.63) is 76.5 Å². The van der Waals surface area contributed by atoms with Crippen molar-refractivity contribution < 1.29 is 0 Å². The molecule has 0 spiro atoms. The molecule has 1 aromatic carbocycles. The Morgan fingerprint density at radius 2 is 1.97 bits per heavy atom. The lowest BCUT2D eigenvalue weighted by molar-refractivity contribution is 0.145. The summed E-state index contributed by atoms with van der Waals surface area (Å²) < 4.78 is 0. The molecule has 1 fully saturated rings. The summed E-state index contributed by atoms with van der Waals surface area (Å²) in [7, 11) is 3.86. The van der Waals surface area contributed by atoms with Crippen LogP contribution in [0.4, 0.5) is 0 Å². The fourth-order valence-corrected chi connectivity index (χ4v) is 4.33. The van der Waals surface area contributed by atoms with E-state index < -0.39 is 0 Å². The predicted octanol–water partition coefficient (Wildman–Crippen LogP) is 1.84. The molecule has 7 nitrogen and oxygen atoms in total. The smallest absolute Gasteiger partial charge is 0.176 e. The molecule has 7 heteroatoms. The molecule has 2 aliphatic heterocycles. The third-order valence-corrected chi connectivity index (χ3v) is 6.19. The van der Waals surface area contributed by atoms with Crippen molar-refractivity contribution in [3.8, 4) is 6.07 Å². The number of likely N-dealkylation sites (N-methyl/N-ethyl adjacent to an activating group) is 1. The Hall–Kier alpha value is -3.18. The first-order chi connectivity index (χ1) is 15.6. The number of benzene rings is 1. The summed E-state index contributed by atoms with van der Waals surface area (Å²) in [6.07, 6.45) is 12.3. The Morgan fingerprint density at radius 3 is 2.62 bits per heavy atom. The van der Waals surface area contributed by atoms with Gasteiger partial charge < -0.3 is 21.7 Å². The Morgan fingerprint density at radius 1 is 1.22 bits per heavy atom.